The van der Waals surface area contributed by atoms with E-state index in [9.17, 15) is 0 Å². The van der Waals surface area contributed by atoms with Crippen molar-refractivity contribution in [1.82, 2.24) is 10.3 Å². The maximum atomic E-state index is 5.76. The summed E-state index contributed by atoms with van der Waals surface area (Å²) in [5, 5.41) is 6.37. The third-order valence-electron chi connectivity index (χ3n) is 2.64. The Bertz CT molecular complexity index is 560. The number of ether oxygens (including phenoxy) is 2. The van der Waals surface area contributed by atoms with Gasteiger partial charge >= 0.3 is 0 Å². The lowest BCUT2D eigenvalue weighted by Gasteiger charge is -2.08. The normalized spacial score (nSPS) is 10.6. The topological polar surface area (TPSA) is 43.4 Å². The molecule has 6 heteroatoms. The fourth-order valence-corrected chi connectivity index (χ4v) is 2.83. The van der Waals surface area contributed by atoms with E-state index < -0.39 is 0 Å². The minimum Gasteiger partial charge on any atom is -0.497 e. The van der Waals surface area contributed by atoms with Crippen molar-refractivity contribution in [3.05, 3.63) is 38.8 Å². The number of hydrogen-bond acceptors (Lipinski definition) is 5. The van der Waals surface area contributed by atoms with Crippen LogP contribution in [0.1, 0.15) is 17.6 Å². The van der Waals surface area contributed by atoms with Crippen molar-refractivity contribution < 1.29 is 9.47 Å². The maximum Gasteiger partial charge on any atom is 0.134 e. The number of nitrogens with one attached hydrogen (secondary N) is 1. The molecule has 0 saturated carbocycles. The summed E-state index contributed by atoms with van der Waals surface area (Å²) >= 11 is 5.12. The highest BCUT2D eigenvalue weighted by Crippen LogP contribution is 2.29. The molecule has 0 aliphatic heterocycles. The molecule has 0 amide bonds. The number of benzene rings is 1. The number of thiazole rings is 1. The van der Waals surface area contributed by atoms with Crippen LogP contribution in [-0.2, 0) is 13.2 Å². The van der Waals surface area contributed by atoms with Crippen molar-refractivity contribution in [3.63, 3.8) is 0 Å². The number of rotatable bonds is 7. The second-order valence-corrected chi connectivity index (χ2v) is 5.89. The molecule has 1 aromatic heterocycles. The third-order valence-corrected chi connectivity index (χ3v) is 4.16. The highest BCUT2D eigenvalue weighted by Gasteiger charge is 2.06. The molecule has 0 bridgehead atoms. The molecule has 1 aromatic carbocycles. The van der Waals surface area contributed by atoms with E-state index >= 15 is 0 Å². The molecule has 0 spiro atoms. The fraction of sp³-hybridized carbons (Fsp3) is 0.357. The van der Waals surface area contributed by atoms with Gasteiger partial charge in [0.2, 0.25) is 0 Å². The van der Waals surface area contributed by atoms with E-state index in [1.807, 2.05) is 23.6 Å². The van der Waals surface area contributed by atoms with E-state index in [4.69, 9.17) is 9.47 Å². The molecule has 108 valence electrons. The van der Waals surface area contributed by atoms with Gasteiger partial charge < -0.3 is 14.8 Å². The average Bonchev–Trinajstić information content (AvgIpc) is 2.91. The van der Waals surface area contributed by atoms with Gasteiger partial charge in [0, 0.05) is 11.9 Å². The summed E-state index contributed by atoms with van der Waals surface area (Å²) in [4.78, 5) is 4.52. The van der Waals surface area contributed by atoms with E-state index in [0.717, 1.165) is 39.8 Å². The largest absolute Gasteiger partial charge is 0.497 e. The zero-order valence-electron chi connectivity index (χ0n) is 11.5. The lowest BCUT2D eigenvalue weighted by atomic mass is 10.3. The Morgan fingerprint density at radius 3 is 2.95 bits per heavy atom. The van der Waals surface area contributed by atoms with Gasteiger partial charge in [-0.1, -0.05) is 6.92 Å². The van der Waals surface area contributed by atoms with Crippen LogP contribution in [0.15, 0.2) is 28.1 Å². The Kier molecular flexibility index (Phi) is 5.82. The third kappa shape index (κ3) is 4.19. The van der Waals surface area contributed by atoms with Crippen LogP contribution in [-0.4, -0.2) is 18.6 Å². The summed E-state index contributed by atoms with van der Waals surface area (Å²) < 4.78 is 11.8. The van der Waals surface area contributed by atoms with Crippen LogP contribution in [0.3, 0.4) is 0 Å². The zero-order valence-corrected chi connectivity index (χ0v) is 13.9. The summed E-state index contributed by atoms with van der Waals surface area (Å²) in [5.74, 6) is 1.58. The summed E-state index contributed by atoms with van der Waals surface area (Å²) in [6.45, 7) is 4.31. The van der Waals surface area contributed by atoms with Gasteiger partial charge in [-0.25, -0.2) is 4.98 Å². The first-order valence-electron chi connectivity index (χ1n) is 6.33. The number of halogens is 1. The molecule has 0 aliphatic carbocycles. The molecule has 0 unspecified atom stereocenters. The molecular weight excluding hydrogens is 340 g/mol. The molecule has 2 rings (SSSR count). The predicted molar refractivity (Wildman–Crippen MR) is 84.5 cm³/mol. The van der Waals surface area contributed by atoms with Gasteiger partial charge in [0.05, 0.1) is 17.3 Å². The highest BCUT2D eigenvalue weighted by molar-refractivity contribution is 9.10. The van der Waals surface area contributed by atoms with E-state index in [0.29, 0.717) is 6.61 Å². The first kappa shape index (κ1) is 15.3. The minimum atomic E-state index is 0.466. The summed E-state index contributed by atoms with van der Waals surface area (Å²) in [6, 6.07) is 5.64. The molecule has 1 heterocycles. The quantitative estimate of drug-likeness (QED) is 0.822. The molecule has 1 N–H and O–H groups in total. The maximum absolute atomic E-state index is 5.76. The van der Waals surface area contributed by atoms with E-state index in [2.05, 4.69) is 33.2 Å². The van der Waals surface area contributed by atoms with Crippen LogP contribution in [0.4, 0.5) is 0 Å². The van der Waals surface area contributed by atoms with Gasteiger partial charge in [-0.3, -0.25) is 0 Å². The monoisotopic (exact) mass is 356 g/mol. The molecule has 0 fully saturated rings. The van der Waals surface area contributed by atoms with Crippen LogP contribution < -0.4 is 14.8 Å². The summed E-state index contributed by atoms with van der Waals surface area (Å²) in [6.07, 6.45) is 0. The van der Waals surface area contributed by atoms with Gasteiger partial charge in [0.25, 0.3) is 0 Å². The van der Waals surface area contributed by atoms with Gasteiger partial charge in [-0.15, -0.1) is 11.3 Å². The first-order valence-corrected chi connectivity index (χ1v) is 8.00. The zero-order chi connectivity index (χ0) is 14.4. The number of hydrogen-bond donors (Lipinski definition) is 1. The smallest absolute Gasteiger partial charge is 0.134 e. The minimum absolute atomic E-state index is 0.466. The van der Waals surface area contributed by atoms with E-state index in [1.54, 1.807) is 18.4 Å². The average molecular weight is 357 g/mol. The fourth-order valence-electron chi connectivity index (χ4n) is 1.61. The van der Waals surface area contributed by atoms with Crippen molar-refractivity contribution in [3.8, 4) is 11.5 Å². The highest BCUT2D eigenvalue weighted by atomic mass is 79.9. The molecular formula is C14H17BrN2O2S. The SMILES string of the molecule is CCNCc1nc(COc2ccc(OC)cc2Br)cs1. The van der Waals surface area contributed by atoms with Crippen LogP contribution in [0, 0.1) is 0 Å². The predicted octanol–water partition coefficient (Wildman–Crippen LogP) is 3.60. The van der Waals surface area contributed by atoms with Crippen molar-refractivity contribution in [2.75, 3.05) is 13.7 Å². The van der Waals surface area contributed by atoms with Crippen LogP contribution in [0.2, 0.25) is 0 Å². The lowest BCUT2D eigenvalue weighted by molar-refractivity contribution is 0.299. The van der Waals surface area contributed by atoms with Crippen LogP contribution in [0.25, 0.3) is 0 Å². The van der Waals surface area contributed by atoms with Crippen molar-refractivity contribution in [1.29, 1.82) is 0 Å². The van der Waals surface area contributed by atoms with Crippen LogP contribution >= 0.6 is 27.3 Å². The number of methoxy groups -OCH3 is 1. The molecule has 4 nitrogen and oxygen atoms in total. The van der Waals surface area contributed by atoms with Crippen LogP contribution in [0.5, 0.6) is 11.5 Å². The summed E-state index contributed by atoms with van der Waals surface area (Å²) in [7, 11) is 1.64. The van der Waals surface area contributed by atoms with Gasteiger partial charge in [-0.2, -0.15) is 0 Å². The van der Waals surface area contributed by atoms with Gasteiger partial charge in [0.15, 0.2) is 0 Å². The van der Waals surface area contributed by atoms with Crippen molar-refractivity contribution in [2.24, 2.45) is 0 Å². The second-order valence-electron chi connectivity index (χ2n) is 4.10. The molecule has 0 atom stereocenters. The van der Waals surface area contributed by atoms with Gasteiger partial charge in [-0.05, 0) is 40.7 Å². The Hall–Kier alpha value is -1.11. The Balaban J connectivity index is 1.93. The van der Waals surface area contributed by atoms with E-state index in [1.165, 1.54) is 0 Å². The van der Waals surface area contributed by atoms with Crippen molar-refractivity contribution >= 4 is 27.3 Å². The summed E-state index contributed by atoms with van der Waals surface area (Å²) in [5.41, 5.74) is 0.950. The first-order chi connectivity index (χ1) is 9.72. The molecule has 0 saturated heterocycles. The Morgan fingerprint density at radius 1 is 1.40 bits per heavy atom. The number of nitrogens with zero attached hydrogens (tertiary/aromatic N) is 1. The molecule has 0 radical (unpaired) electrons. The van der Waals surface area contributed by atoms with E-state index in [-0.39, 0.29) is 0 Å². The molecule has 0 aliphatic rings. The number of aromatic nitrogens is 1. The van der Waals surface area contributed by atoms with Gasteiger partial charge in [0.1, 0.15) is 23.1 Å². The standard InChI is InChI=1S/C14H17BrN2O2S/c1-3-16-7-14-17-10(9-20-14)8-19-13-5-4-11(18-2)6-12(13)15/h4-6,9,16H,3,7-8H2,1-2H3. The lowest BCUT2D eigenvalue weighted by Crippen LogP contribution is -2.11. The molecule has 20 heavy (non-hydrogen) atoms. The Morgan fingerprint density at radius 2 is 2.25 bits per heavy atom. The second kappa shape index (κ2) is 7.61. The molecule has 2 aromatic rings. The van der Waals surface area contributed by atoms with Crippen molar-refractivity contribution in [2.45, 2.75) is 20.1 Å². The Labute approximate surface area is 131 Å².